The first-order valence-corrected chi connectivity index (χ1v) is 11.5. The molecule has 4 aromatic rings. The van der Waals surface area contributed by atoms with Crippen LogP contribution in [0.5, 0.6) is 5.75 Å². The Labute approximate surface area is 193 Å². The normalized spacial score (nSPS) is 11.3. The van der Waals surface area contributed by atoms with Crippen molar-refractivity contribution >= 4 is 51.0 Å². The van der Waals surface area contributed by atoms with E-state index in [9.17, 15) is 10.1 Å². The molecule has 0 saturated carbocycles. The van der Waals surface area contributed by atoms with Crippen LogP contribution in [-0.4, -0.2) is 17.5 Å². The van der Waals surface area contributed by atoms with Crippen molar-refractivity contribution in [2.75, 3.05) is 11.9 Å². The van der Waals surface area contributed by atoms with Gasteiger partial charge in [-0.05, 0) is 68.1 Å². The standard InChI is InChI=1S/C24H19N3O3S2/c1-3-29-18-8-10-20-21(13-18)31-24(27-20)32-22-11-9-19(30-22)12-16(14-25)23(28)26-17-6-4-15(2)5-7-17/h4-13H,3H2,1-2H3,(H,26,28)/b16-12+. The van der Waals surface area contributed by atoms with E-state index in [-0.39, 0.29) is 5.57 Å². The van der Waals surface area contributed by atoms with Crippen LogP contribution in [0.1, 0.15) is 18.2 Å². The number of hydrogen-bond donors (Lipinski definition) is 1. The van der Waals surface area contributed by atoms with Gasteiger partial charge in [0, 0.05) is 11.8 Å². The minimum atomic E-state index is -0.488. The van der Waals surface area contributed by atoms with Crippen LogP contribution in [0.25, 0.3) is 16.3 Å². The second kappa shape index (κ2) is 9.73. The summed E-state index contributed by atoms with van der Waals surface area (Å²) in [5, 5.41) is 12.8. The number of aryl methyl sites for hydroxylation is 1. The summed E-state index contributed by atoms with van der Waals surface area (Å²) in [5.41, 5.74) is 2.57. The first-order chi connectivity index (χ1) is 15.5. The molecule has 0 atom stereocenters. The highest BCUT2D eigenvalue weighted by atomic mass is 32.2. The molecule has 0 unspecified atom stereocenters. The first-order valence-electron chi connectivity index (χ1n) is 9.85. The van der Waals surface area contributed by atoms with E-state index in [2.05, 4.69) is 10.3 Å². The molecule has 0 saturated heterocycles. The number of nitrogens with one attached hydrogen (secondary N) is 1. The number of fused-ring (bicyclic) bond motifs is 1. The Kier molecular flexibility index (Phi) is 6.59. The third kappa shape index (κ3) is 5.19. The Hall–Kier alpha value is -3.54. The SMILES string of the molecule is CCOc1ccc2nc(Sc3ccc(/C=C(\C#N)C(=O)Nc4ccc(C)cc4)o3)sc2c1. The molecule has 160 valence electrons. The van der Waals surface area contributed by atoms with Crippen molar-refractivity contribution < 1.29 is 13.9 Å². The smallest absolute Gasteiger partial charge is 0.266 e. The summed E-state index contributed by atoms with van der Waals surface area (Å²) >= 11 is 2.93. The van der Waals surface area contributed by atoms with Gasteiger partial charge in [0.15, 0.2) is 9.43 Å². The third-order valence-electron chi connectivity index (χ3n) is 4.40. The number of hydrogen-bond acceptors (Lipinski definition) is 7. The number of carbonyl (C=O) groups is 1. The lowest BCUT2D eigenvalue weighted by molar-refractivity contribution is -0.112. The Morgan fingerprint density at radius 2 is 2.06 bits per heavy atom. The quantitative estimate of drug-likeness (QED) is 0.257. The van der Waals surface area contributed by atoms with E-state index in [0.29, 0.717) is 23.1 Å². The van der Waals surface area contributed by atoms with Crippen molar-refractivity contribution in [3.63, 3.8) is 0 Å². The number of thiazole rings is 1. The second-order valence-corrected chi connectivity index (χ2v) is 9.07. The molecule has 0 aliphatic heterocycles. The predicted molar refractivity (Wildman–Crippen MR) is 127 cm³/mol. The summed E-state index contributed by atoms with van der Waals surface area (Å²) in [6.45, 7) is 4.53. The minimum absolute atomic E-state index is 0.0417. The first kappa shape index (κ1) is 21.7. The molecule has 1 N–H and O–H groups in total. The minimum Gasteiger partial charge on any atom is -0.494 e. The maximum Gasteiger partial charge on any atom is 0.266 e. The number of amides is 1. The highest BCUT2D eigenvalue weighted by Gasteiger charge is 2.13. The fourth-order valence-electron chi connectivity index (χ4n) is 2.86. The Balaban J connectivity index is 1.47. The Morgan fingerprint density at radius 3 is 2.81 bits per heavy atom. The van der Waals surface area contributed by atoms with E-state index in [1.807, 2.05) is 50.2 Å². The highest BCUT2D eigenvalue weighted by Crippen LogP contribution is 2.36. The van der Waals surface area contributed by atoms with Gasteiger partial charge in [0.2, 0.25) is 0 Å². The van der Waals surface area contributed by atoms with E-state index in [1.165, 1.54) is 17.8 Å². The predicted octanol–water partition coefficient (Wildman–Crippen LogP) is 6.29. The summed E-state index contributed by atoms with van der Waals surface area (Å²) in [7, 11) is 0. The molecule has 0 spiro atoms. The Bertz CT molecular complexity index is 1330. The van der Waals surface area contributed by atoms with Gasteiger partial charge >= 0.3 is 0 Å². The molecule has 8 heteroatoms. The van der Waals surface area contributed by atoms with Crippen molar-refractivity contribution in [1.29, 1.82) is 5.26 Å². The zero-order valence-corrected chi connectivity index (χ0v) is 19.0. The van der Waals surface area contributed by atoms with Crippen LogP contribution in [0.3, 0.4) is 0 Å². The second-order valence-electron chi connectivity index (χ2n) is 6.79. The lowest BCUT2D eigenvalue weighted by Crippen LogP contribution is -2.13. The molecule has 0 aliphatic carbocycles. The summed E-state index contributed by atoms with van der Waals surface area (Å²) in [6.07, 6.45) is 1.43. The molecule has 0 bridgehead atoms. The van der Waals surface area contributed by atoms with Gasteiger partial charge in [0.25, 0.3) is 5.91 Å². The van der Waals surface area contributed by atoms with Crippen LogP contribution in [0.2, 0.25) is 0 Å². The number of nitrogens with zero attached hydrogens (tertiary/aromatic N) is 2. The monoisotopic (exact) mass is 461 g/mol. The third-order valence-corrected chi connectivity index (χ3v) is 6.40. The van der Waals surface area contributed by atoms with Gasteiger partial charge in [-0.1, -0.05) is 17.7 Å². The fourth-order valence-corrected chi connectivity index (χ4v) is 4.86. The van der Waals surface area contributed by atoms with E-state index in [4.69, 9.17) is 9.15 Å². The number of carbonyl (C=O) groups excluding carboxylic acids is 1. The molecule has 2 aromatic carbocycles. The molecule has 4 rings (SSSR count). The van der Waals surface area contributed by atoms with Crippen LogP contribution < -0.4 is 10.1 Å². The number of aromatic nitrogens is 1. The van der Waals surface area contributed by atoms with Crippen molar-refractivity contribution in [1.82, 2.24) is 4.98 Å². The van der Waals surface area contributed by atoms with E-state index >= 15 is 0 Å². The maximum absolute atomic E-state index is 12.4. The lowest BCUT2D eigenvalue weighted by Gasteiger charge is -2.04. The van der Waals surface area contributed by atoms with Crippen LogP contribution >= 0.6 is 23.1 Å². The summed E-state index contributed by atoms with van der Waals surface area (Å²) in [5.74, 6) is 0.750. The summed E-state index contributed by atoms with van der Waals surface area (Å²) in [4.78, 5) is 17.0. The number of benzene rings is 2. The lowest BCUT2D eigenvalue weighted by atomic mass is 10.2. The molecule has 32 heavy (non-hydrogen) atoms. The molecular weight excluding hydrogens is 442 g/mol. The van der Waals surface area contributed by atoms with E-state index < -0.39 is 5.91 Å². The zero-order valence-electron chi connectivity index (χ0n) is 17.4. The van der Waals surface area contributed by atoms with Crippen LogP contribution in [0.4, 0.5) is 5.69 Å². The van der Waals surface area contributed by atoms with Gasteiger partial charge in [-0.2, -0.15) is 5.26 Å². The zero-order chi connectivity index (χ0) is 22.5. The number of rotatable bonds is 7. The Morgan fingerprint density at radius 1 is 1.25 bits per heavy atom. The largest absolute Gasteiger partial charge is 0.494 e. The van der Waals surface area contributed by atoms with Crippen molar-refractivity contribution in [3.05, 3.63) is 71.5 Å². The average Bonchev–Trinajstić information content (AvgIpc) is 3.39. The average molecular weight is 462 g/mol. The van der Waals surface area contributed by atoms with Crippen molar-refractivity contribution in [3.8, 4) is 11.8 Å². The molecule has 6 nitrogen and oxygen atoms in total. The summed E-state index contributed by atoms with van der Waals surface area (Å²) in [6, 6.07) is 18.6. The van der Waals surface area contributed by atoms with Crippen molar-refractivity contribution in [2.24, 2.45) is 0 Å². The molecule has 0 fully saturated rings. The maximum atomic E-state index is 12.4. The molecular formula is C24H19N3O3S2. The van der Waals surface area contributed by atoms with Gasteiger partial charge in [-0.25, -0.2) is 4.98 Å². The molecule has 1 amide bonds. The number of anilines is 1. The topological polar surface area (TPSA) is 88.1 Å². The van der Waals surface area contributed by atoms with Gasteiger partial charge in [-0.3, -0.25) is 4.79 Å². The van der Waals surface area contributed by atoms with Gasteiger partial charge < -0.3 is 14.5 Å². The molecule has 2 heterocycles. The highest BCUT2D eigenvalue weighted by molar-refractivity contribution is 8.01. The number of ether oxygens (including phenoxy) is 1. The van der Waals surface area contributed by atoms with Crippen LogP contribution in [-0.2, 0) is 4.79 Å². The summed E-state index contributed by atoms with van der Waals surface area (Å²) < 4.78 is 13.2. The van der Waals surface area contributed by atoms with Crippen LogP contribution in [0, 0.1) is 18.3 Å². The number of furan rings is 1. The van der Waals surface area contributed by atoms with Gasteiger partial charge in [0.1, 0.15) is 23.2 Å². The van der Waals surface area contributed by atoms with Gasteiger partial charge in [-0.15, -0.1) is 11.3 Å². The number of nitriles is 1. The van der Waals surface area contributed by atoms with E-state index in [0.717, 1.165) is 25.9 Å². The molecule has 0 aliphatic rings. The van der Waals surface area contributed by atoms with Crippen LogP contribution in [0.15, 0.2) is 74.0 Å². The van der Waals surface area contributed by atoms with E-state index in [1.54, 1.807) is 35.6 Å². The molecule has 0 radical (unpaired) electrons. The fraction of sp³-hybridized carbons (Fsp3) is 0.125. The van der Waals surface area contributed by atoms with Gasteiger partial charge in [0.05, 0.1) is 16.8 Å². The van der Waals surface area contributed by atoms with Crippen molar-refractivity contribution in [2.45, 2.75) is 23.3 Å². The molecule has 2 aromatic heterocycles.